The van der Waals surface area contributed by atoms with Crippen LogP contribution in [0.1, 0.15) is 5.56 Å². The molecule has 3 aromatic heterocycles. The average Bonchev–Trinajstić information content (AvgIpc) is 3.64. The lowest BCUT2D eigenvalue weighted by Gasteiger charge is -2.17. The summed E-state index contributed by atoms with van der Waals surface area (Å²) in [6.07, 6.45) is 3.82. The molecule has 9 aromatic rings. The van der Waals surface area contributed by atoms with Gasteiger partial charge < -0.3 is 9.13 Å². The third-order valence-electron chi connectivity index (χ3n) is 9.07. The second kappa shape index (κ2) is 10.3. The van der Waals surface area contributed by atoms with Crippen LogP contribution in [0.25, 0.3) is 77.2 Å². The molecule has 4 nitrogen and oxygen atoms in total. The summed E-state index contributed by atoms with van der Waals surface area (Å²) in [6, 6.07) is 53.2. The number of aromatic nitrogens is 3. The summed E-state index contributed by atoms with van der Waals surface area (Å²) in [4.78, 5) is 4.59. The van der Waals surface area contributed by atoms with Gasteiger partial charge >= 0.3 is 0 Å². The number of hydrogen-bond acceptors (Lipinski definition) is 2. The summed E-state index contributed by atoms with van der Waals surface area (Å²) in [5, 5.41) is 15.2. The lowest BCUT2D eigenvalue weighted by atomic mass is 9.96. The van der Waals surface area contributed by atoms with Crippen molar-refractivity contribution in [2.45, 2.75) is 0 Å². The maximum Gasteiger partial charge on any atom is 0.101 e. The van der Waals surface area contributed by atoms with Crippen molar-refractivity contribution in [2.75, 3.05) is 0 Å². The highest BCUT2D eigenvalue weighted by Crippen LogP contribution is 2.40. The Kier molecular flexibility index (Phi) is 5.84. The highest BCUT2D eigenvalue weighted by Gasteiger charge is 2.20. The Morgan fingerprint density at radius 1 is 0.478 bits per heavy atom. The minimum atomic E-state index is 0.629. The van der Waals surface area contributed by atoms with Crippen LogP contribution in [0.4, 0.5) is 0 Å². The van der Waals surface area contributed by atoms with Gasteiger partial charge in [-0.05, 0) is 53.6 Å². The second-order valence-corrected chi connectivity index (χ2v) is 11.5. The Hall–Kier alpha value is -6.44. The van der Waals surface area contributed by atoms with Crippen molar-refractivity contribution in [2.24, 2.45) is 0 Å². The average molecular weight is 587 g/mol. The lowest BCUT2D eigenvalue weighted by Crippen LogP contribution is -2.01. The Bertz CT molecular complexity index is 2560. The first kappa shape index (κ1) is 26.0. The molecule has 4 heteroatoms. The van der Waals surface area contributed by atoms with E-state index >= 15 is 0 Å². The molecule has 0 unspecified atom stereocenters. The number of nitrogens with zero attached hydrogens (tertiary/aromatic N) is 4. The van der Waals surface area contributed by atoms with E-state index < -0.39 is 0 Å². The van der Waals surface area contributed by atoms with E-state index in [1.807, 2.05) is 24.5 Å². The standard InChI is InChI=1S/C42H26N4/c43-26-30-13-10-18-32(42(30)46-39-21-7-3-16-35(39)36-17-4-8-22-40(36)46)29-12-9-11-28(25-29)31-23-24-44-27-41(31)45-37-19-5-1-14-33(37)34-15-2-6-20-38(34)45/h1-25,27H. The quantitative estimate of drug-likeness (QED) is 0.206. The monoisotopic (exact) mass is 586 g/mol. The van der Waals surface area contributed by atoms with E-state index in [2.05, 4.69) is 154 Å². The van der Waals surface area contributed by atoms with E-state index in [4.69, 9.17) is 0 Å². The van der Waals surface area contributed by atoms with Crippen LogP contribution >= 0.6 is 0 Å². The number of rotatable bonds is 4. The number of hydrogen-bond donors (Lipinski definition) is 0. The number of nitriles is 1. The van der Waals surface area contributed by atoms with Gasteiger partial charge in [-0.1, -0.05) is 103 Å². The summed E-state index contributed by atoms with van der Waals surface area (Å²) in [7, 11) is 0. The molecule has 0 aliphatic carbocycles. The van der Waals surface area contributed by atoms with Gasteiger partial charge in [0.1, 0.15) is 6.07 Å². The summed E-state index contributed by atoms with van der Waals surface area (Å²) in [5.41, 5.74) is 11.2. The first-order valence-corrected chi connectivity index (χ1v) is 15.4. The first-order valence-electron chi connectivity index (χ1n) is 15.4. The zero-order valence-electron chi connectivity index (χ0n) is 24.8. The van der Waals surface area contributed by atoms with Crippen molar-refractivity contribution < 1.29 is 0 Å². The molecule has 0 N–H and O–H groups in total. The number of fused-ring (bicyclic) bond motifs is 6. The molecule has 214 valence electrons. The Morgan fingerprint density at radius 3 is 1.54 bits per heavy atom. The van der Waals surface area contributed by atoms with E-state index in [0.29, 0.717) is 5.56 Å². The molecule has 0 spiro atoms. The molecule has 0 bridgehead atoms. The molecule has 0 saturated carbocycles. The van der Waals surface area contributed by atoms with Crippen LogP contribution in [0.15, 0.2) is 158 Å². The molecule has 0 aliphatic heterocycles. The van der Waals surface area contributed by atoms with Crippen molar-refractivity contribution in [1.82, 2.24) is 14.1 Å². The Labute approximate surface area is 265 Å². The largest absolute Gasteiger partial charge is 0.307 e. The van der Waals surface area contributed by atoms with E-state index in [0.717, 1.165) is 66.5 Å². The van der Waals surface area contributed by atoms with Gasteiger partial charge in [0.2, 0.25) is 0 Å². The van der Waals surface area contributed by atoms with Crippen LogP contribution in [0.3, 0.4) is 0 Å². The van der Waals surface area contributed by atoms with Crippen LogP contribution in [0.5, 0.6) is 0 Å². The molecule has 0 saturated heterocycles. The van der Waals surface area contributed by atoms with Gasteiger partial charge in [0, 0.05) is 38.9 Å². The molecule has 3 heterocycles. The summed E-state index contributed by atoms with van der Waals surface area (Å²) in [6.45, 7) is 0. The Balaban J connectivity index is 1.29. The van der Waals surface area contributed by atoms with Gasteiger partial charge in [-0.15, -0.1) is 0 Å². The second-order valence-electron chi connectivity index (χ2n) is 11.5. The van der Waals surface area contributed by atoms with Gasteiger partial charge in [0.05, 0.1) is 45.2 Å². The zero-order valence-corrected chi connectivity index (χ0v) is 24.8. The number of pyridine rings is 1. The van der Waals surface area contributed by atoms with Crippen LogP contribution in [0, 0.1) is 11.3 Å². The highest BCUT2D eigenvalue weighted by molar-refractivity contribution is 6.11. The van der Waals surface area contributed by atoms with E-state index in [9.17, 15) is 5.26 Å². The van der Waals surface area contributed by atoms with Gasteiger partial charge in [-0.2, -0.15) is 5.26 Å². The highest BCUT2D eigenvalue weighted by atomic mass is 15.0. The van der Waals surface area contributed by atoms with Crippen molar-refractivity contribution in [3.8, 4) is 39.7 Å². The SMILES string of the molecule is N#Cc1cccc(-c2cccc(-c3ccncc3-n3c4ccccc4c4ccccc43)c2)c1-n1c2ccccc2c2ccccc21. The molecule has 0 atom stereocenters. The van der Waals surface area contributed by atoms with E-state index in [-0.39, 0.29) is 0 Å². The van der Waals surface area contributed by atoms with Crippen LogP contribution < -0.4 is 0 Å². The third-order valence-corrected chi connectivity index (χ3v) is 9.07. The summed E-state index contributed by atoms with van der Waals surface area (Å²) < 4.78 is 4.57. The third kappa shape index (κ3) is 3.83. The Morgan fingerprint density at radius 2 is 0.978 bits per heavy atom. The molecular weight excluding hydrogens is 560 g/mol. The minimum absolute atomic E-state index is 0.629. The smallest absolute Gasteiger partial charge is 0.101 e. The molecular formula is C42H26N4. The fourth-order valence-electron chi connectivity index (χ4n) is 7.12. The van der Waals surface area contributed by atoms with Crippen molar-refractivity contribution in [3.05, 3.63) is 164 Å². The first-order chi connectivity index (χ1) is 22.8. The van der Waals surface area contributed by atoms with Crippen LogP contribution in [0.2, 0.25) is 0 Å². The fourth-order valence-corrected chi connectivity index (χ4v) is 7.12. The summed E-state index contributed by atoms with van der Waals surface area (Å²) in [5.74, 6) is 0. The maximum absolute atomic E-state index is 10.4. The predicted octanol–water partition coefficient (Wildman–Crippen LogP) is 10.5. The van der Waals surface area contributed by atoms with E-state index in [1.165, 1.54) is 10.8 Å². The minimum Gasteiger partial charge on any atom is -0.307 e. The van der Waals surface area contributed by atoms with Gasteiger partial charge in [0.25, 0.3) is 0 Å². The zero-order chi connectivity index (χ0) is 30.6. The summed E-state index contributed by atoms with van der Waals surface area (Å²) >= 11 is 0. The van der Waals surface area contributed by atoms with E-state index in [1.54, 1.807) is 0 Å². The van der Waals surface area contributed by atoms with Gasteiger partial charge in [-0.25, -0.2) is 0 Å². The maximum atomic E-state index is 10.4. The van der Waals surface area contributed by atoms with Crippen LogP contribution in [-0.4, -0.2) is 14.1 Å². The topological polar surface area (TPSA) is 46.5 Å². The number of benzene rings is 6. The molecule has 6 aromatic carbocycles. The molecule has 0 amide bonds. The molecule has 0 fully saturated rings. The van der Waals surface area contributed by atoms with Crippen molar-refractivity contribution in [3.63, 3.8) is 0 Å². The number of para-hydroxylation sites is 5. The van der Waals surface area contributed by atoms with Gasteiger partial charge in [0.15, 0.2) is 0 Å². The molecule has 0 radical (unpaired) electrons. The fraction of sp³-hybridized carbons (Fsp3) is 0. The predicted molar refractivity (Wildman–Crippen MR) is 189 cm³/mol. The van der Waals surface area contributed by atoms with Crippen LogP contribution in [-0.2, 0) is 0 Å². The molecule has 0 aliphatic rings. The van der Waals surface area contributed by atoms with Gasteiger partial charge in [-0.3, -0.25) is 4.98 Å². The normalized spacial score (nSPS) is 11.5. The molecule has 9 rings (SSSR count). The lowest BCUT2D eigenvalue weighted by molar-refractivity contribution is 1.14. The van der Waals surface area contributed by atoms with Crippen molar-refractivity contribution in [1.29, 1.82) is 5.26 Å². The molecule has 46 heavy (non-hydrogen) atoms. The van der Waals surface area contributed by atoms with Crippen molar-refractivity contribution >= 4 is 43.6 Å².